The number of thiophene rings is 1. The third-order valence-electron chi connectivity index (χ3n) is 4.88. The summed E-state index contributed by atoms with van der Waals surface area (Å²) in [6.07, 6.45) is 5.79. The van der Waals surface area contributed by atoms with Crippen molar-refractivity contribution < 1.29 is 0 Å². The van der Waals surface area contributed by atoms with E-state index < -0.39 is 0 Å². The molecule has 0 saturated heterocycles. The van der Waals surface area contributed by atoms with Crippen LogP contribution in [0.5, 0.6) is 0 Å². The van der Waals surface area contributed by atoms with Gasteiger partial charge in [-0.15, -0.1) is 0 Å². The molecule has 3 aromatic rings. The number of nitrogens with one attached hydrogen (secondary N) is 1. The Balaban J connectivity index is 1.51. The molecule has 1 atom stereocenters. The van der Waals surface area contributed by atoms with Crippen LogP contribution >= 0.6 is 11.3 Å². The van der Waals surface area contributed by atoms with E-state index in [1.54, 1.807) is 17.5 Å². The van der Waals surface area contributed by atoms with E-state index in [-0.39, 0.29) is 6.04 Å². The molecule has 6 heteroatoms. The molecule has 5 rings (SSSR count). The Kier molecular flexibility index (Phi) is 4.47. The molecule has 0 amide bonds. The van der Waals surface area contributed by atoms with Crippen LogP contribution < -0.4 is 5.32 Å². The van der Waals surface area contributed by atoms with Crippen molar-refractivity contribution in [3.63, 3.8) is 0 Å². The molecule has 5 nitrogen and oxygen atoms in total. The first kappa shape index (κ1) is 16.9. The van der Waals surface area contributed by atoms with Crippen LogP contribution in [0.25, 0.3) is 5.70 Å². The molecule has 2 aliphatic rings. The zero-order valence-electron chi connectivity index (χ0n) is 15.2. The normalized spacial score (nSPS) is 19.8. The van der Waals surface area contributed by atoms with E-state index in [0.29, 0.717) is 6.54 Å². The highest BCUT2D eigenvalue weighted by atomic mass is 32.1. The summed E-state index contributed by atoms with van der Waals surface area (Å²) >= 11 is 1.72. The highest BCUT2D eigenvalue weighted by molar-refractivity contribution is 7.08. The predicted octanol–water partition coefficient (Wildman–Crippen LogP) is 4.10. The van der Waals surface area contributed by atoms with Crippen molar-refractivity contribution in [2.45, 2.75) is 12.6 Å². The van der Waals surface area contributed by atoms with Gasteiger partial charge < -0.3 is 10.2 Å². The summed E-state index contributed by atoms with van der Waals surface area (Å²) < 4.78 is 0. The lowest BCUT2D eigenvalue weighted by Gasteiger charge is -2.31. The number of benzene rings is 1. The van der Waals surface area contributed by atoms with Gasteiger partial charge in [-0.25, -0.2) is 0 Å². The second kappa shape index (κ2) is 7.40. The fraction of sp³-hybridized carbons (Fsp3) is 0.136. The van der Waals surface area contributed by atoms with Gasteiger partial charge in [0.25, 0.3) is 0 Å². The first-order chi connectivity index (χ1) is 13.9. The number of nitrogens with zero attached hydrogens (tertiary/aromatic N) is 4. The molecule has 0 aliphatic carbocycles. The number of hydrogen-bond donors (Lipinski definition) is 1. The van der Waals surface area contributed by atoms with E-state index in [1.165, 1.54) is 5.56 Å². The van der Waals surface area contributed by atoms with Gasteiger partial charge in [-0.1, -0.05) is 36.4 Å². The summed E-state index contributed by atoms with van der Waals surface area (Å²) in [5.41, 5.74) is 4.53. The lowest BCUT2D eigenvalue weighted by atomic mass is 10.1. The molecule has 1 aromatic carbocycles. The van der Waals surface area contributed by atoms with Crippen LogP contribution in [0.4, 0.5) is 0 Å². The lowest BCUT2D eigenvalue weighted by molar-refractivity contribution is 0.459. The molecule has 2 aromatic heterocycles. The van der Waals surface area contributed by atoms with Crippen molar-refractivity contribution >= 4 is 28.7 Å². The Bertz CT molecular complexity index is 1040. The highest BCUT2D eigenvalue weighted by Crippen LogP contribution is 2.32. The molecular formula is C22H19N5S. The number of pyridine rings is 1. The summed E-state index contributed by atoms with van der Waals surface area (Å²) in [6.45, 7) is 1.30. The highest BCUT2D eigenvalue weighted by Gasteiger charge is 2.34. The standard InChI is InChI=1S/C22H19N5S/c1-2-6-17(7-3-1)19-14-27-20(18-8-10-28-15-18)13-25-22(27)21(26-19)24-12-16-5-4-9-23-11-16/h1-11,14-15,20H,12-13H2,(H,24,26). The minimum Gasteiger partial charge on any atom is -0.336 e. The average molecular weight is 385 g/mol. The van der Waals surface area contributed by atoms with Crippen LogP contribution in [-0.2, 0) is 6.54 Å². The Morgan fingerprint density at radius 3 is 2.86 bits per heavy atom. The van der Waals surface area contributed by atoms with Crippen LogP contribution in [0.15, 0.2) is 87.9 Å². The van der Waals surface area contributed by atoms with Crippen LogP contribution in [0.1, 0.15) is 22.7 Å². The Morgan fingerprint density at radius 2 is 2.07 bits per heavy atom. The lowest BCUT2D eigenvalue weighted by Crippen LogP contribution is -2.43. The average Bonchev–Trinajstić information content (AvgIpc) is 3.43. The van der Waals surface area contributed by atoms with Crippen LogP contribution in [0, 0.1) is 0 Å². The van der Waals surface area contributed by atoms with Crippen molar-refractivity contribution in [1.29, 1.82) is 0 Å². The largest absolute Gasteiger partial charge is 0.336 e. The molecule has 2 aliphatic heterocycles. The zero-order chi connectivity index (χ0) is 18.8. The third-order valence-corrected chi connectivity index (χ3v) is 5.58. The van der Waals surface area contributed by atoms with Gasteiger partial charge in [0, 0.05) is 18.6 Å². The maximum absolute atomic E-state index is 4.84. The molecule has 4 heterocycles. The van der Waals surface area contributed by atoms with Crippen LogP contribution in [0.2, 0.25) is 0 Å². The molecule has 1 unspecified atom stereocenters. The number of fused-ring (bicyclic) bond motifs is 1. The van der Waals surface area contributed by atoms with Gasteiger partial charge in [-0.05, 0) is 39.6 Å². The predicted molar refractivity (Wildman–Crippen MR) is 114 cm³/mol. The summed E-state index contributed by atoms with van der Waals surface area (Å²) in [7, 11) is 0. The second-order valence-corrected chi connectivity index (χ2v) is 7.48. The van der Waals surface area contributed by atoms with E-state index >= 15 is 0 Å². The maximum Gasteiger partial charge on any atom is 0.171 e. The fourth-order valence-electron chi connectivity index (χ4n) is 3.46. The van der Waals surface area contributed by atoms with Gasteiger partial charge in [-0.2, -0.15) is 11.3 Å². The molecule has 0 spiro atoms. The van der Waals surface area contributed by atoms with Gasteiger partial charge >= 0.3 is 0 Å². The minimum atomic E-state index is 0.214. The van der Waals surface area contributed by atoms with Gasteiger partial charge in [0.05, 0.1) is 24.8 Å². The van der Waals surface area contributed by atoms with Crippen LogP contribution in [-0.4, -0.2) is 28.1 Å². The molecular weight excluding hydrogens is 366 g/mol. The van der Waals surface area contributed by atoms with E-state index in [1.807, 2.05) is 36.5 Å². The minimum absolute atomic E-state index is 0.214. The smallest absolute Gasteiger partial charge is 0.171 e. The van der Waals surface area contributed by atoms with Gasteiger partial charge in [-0.3, -0.25) is 15.0 Å². The monoisotopic (exact) mass is 385 g/mol. The van der Waals surface area contributed by atoms with Crippen molar-refractivity contribution in [2.24, 2.45) is 9.98 Å². The number of rotatable bonds is 4. The van der Waals surface area contributed by atoms with Gasteiger partial charge in [0.1, 0.15) is 0 Å². The number of amidine groups is 2. The molecule has 1 N–H and O–H groups in total. The Labute approximate surface area is 167 Å². The second-order valence-electron chi connectivity index (χ2n) is 6.70. The van der Waals surface area contributed by atoms with Crippen molar-refractivity contribution in [1.82, 2.24) is 15.2 Å². The molecule has 0 bridgehead atoms. The Morgan fingerprint density at radius 1 is 1.14 bits per heavy atom. The number of hydrogen-bond acceptors (Lipinski definition) is 5. The van der Waals surface area contributed by atoms with Crippen LogP contribution in [0.3, 0.4) is 0 Å². The van der Waals surface area contributed by atoms with Crippen molar-refractivity contribution in [3.8, 4) is 0 Å². The molecule has 28 heavy (non-hydrogen) atoms. The topological polar surface area (TPSA) is 52.9 Å². The molecule has 0 fully saturated rings. The Hall–Kier alpha value is -3.25. The van der Waals surface area contributed by atoms with Crippen molar-refractivity contribution in [3.05, 3.63) is 94.6 Å². The molecule has 0 saturated carbocycles. The molecule has 138 valence electrons. The quantitative estimate of drug-likeness (QED) is 0.736. The summed E-state index contributed by atoms with van der Waals surface area (Å²) in [6, 6.07) is 16.7. The third kappa shape index (κ3) is 3.23. The van der Waals surface area contributed by atoms with E-state index in [0.717, 1.165) is 35.0 Å². The van der Waals surface area contributed by atoms with E-state index in [4.69, 9.17) is 9.98 Å². The first-order valence-corrected chi connectivity index (χ1v) is 10.2. The fourth-order valence-corrected chi connectivity index (χ4v) is 4.17. The SMILES string of the molecule is C1=C(c2ccccc2)NC(=NCc2cccnc2)C2=NCC(c3ccsc3)N12. The van der Waals surface area contributed by atoms with E-state index in [9.17, 15) is 0 Å². The number of aromatic nitrogens is 1. The summed E-state index contributed by atoms with van der Waals surface area (Å²) in [5.74, 6) is 1.71. The first-order valence-electron chi connectivity index (χ1n) is 9.21. The summed E-state index contributed by atoms with van der Waals surface area (Å²) in [4.78, 5) is 16.1. The van der Waals surface area contributed by atoms with Gasteiger partial charge in [0.15, 0.2) is 11.7 Å². The maximum atomic E-state index is 4.84. The molecule has 0 radical (unpaired) electrons. The van der Waals surface area contributed by atoms with E-state index in [2.05, 4.69) is 50.4 Å². The van der Waals surface area contributed by atoms with Crippen molar-refractivity contribution in [2.75, 3.05) is 6.54 Å². The number of aliphatic imine (C=N–C) groups is 2. The van der Waals surface area contributed by atoms with Gasteiger partial charge in [0.2, 0.25) is 0 Å². The summed E-state index contributed by atoms with van der Waals surface area (Å²) in [5, 5.41) is 7.82. The zero-order valence-corrected chi connectivity index (χ0v) is 16.0.